The Bertz CT molecular complexity index is 880. The second-order valence-electron chi connectivity index (χ2n) is 5.77. The molecule has 26 heavy (non-hydrogen) atoms. The number of nitrogens with zero attached hydrogens (tertiary/aromatic N) is 3. The maximum absolute atomic E-state index is 12.2. The molecule has 7 heteroatoms. The number of ether oxygens (including phenoxy) is 1. The summed E-state index contributed by atoms with van der Waals surface area (Å²) in [6, 6.07) is 11.5. The molecule has 0 spiro atoms. The summed E-state index contributed by atoms with van der Waals surface area (Å²) in [5, 5.41) is 7.21. The average molecular weight is 415 g/mol. The molecule has 0 unspecified atom stereocenters. The maximum Gasteiger partial charge on any atom is 0.225 e. The standard InChI is InChI=1S/C19H19BrN4O2/c1-26-17-4-2-14(12-16(17)20)3-5-19(25)22-18-8-11-24(23-18)13-15-6-9-21-10-7-15/h2,4,6-12H,3,5,13H2,1H3,(H,22,23,25). The SMILES string of the molecule is COc1ccc(CCC(=O)Nc2ccn(Cc3ccncc3)n2)cc1Br. The van der Waals surface area contributed by atoms with Gasteiger partial charge in [0.1, 0.15) is 5.75 Å². The van der Waals surface area contributed by atoms with Crippen LogP contribution < -0.4 is 10.1 Å². The van der Waals surface area contributed by atoms with Gasteiger partial charge in [0.2, 0.25) is 5.91 Å². The third-order valence-corrected chi connectivity index (χ3v) is 4.48. The number of nitrogens with one attached hydrogen (secondary N) is 1. The van der Waals surface area contributed by atoms with Crippen LogP contribution in [0.4, 0.5) is 5.82 Å². The Morgan fingerprint density at radius 2 is 2.00 bits per heavy atom. The number of aromatic nitrogens is 3. The van der Waals surface area contributed by atoms with Gasteiger partial charge in [-0.15, -0.1) is 0 Å². The third-order valence-electron chi connectivity index (χ3n) is 3.86. The lowest BCUT2D eigenvalue weighted by Gasteiger charge is -2.06. The quantitative estimate of drug-likeness (QED) is 0.640. The van der Waals surface area contributed by atoms with Crippen LogP contribution in [0, 0.1) is 0 Å². The van der Waals surface area contributed by atoms with Crippen molar-refractivity contribution in [3.05, 3.63) is 70.6 Å². The van der Waals surface area contributed by atoms with Crippen LogP contribution in [0.1, 0.15) is 17.5 Å². The number of rotatable bonds is 7. The Balaban J connectivity index is 1.51. The number of pyridine rings is 1. The number of aryl methyl sites for hydroxylation is 1. The van der Waals surface area contributed by atoms with Crippen molar-refractivity contribution in [2.24, 2.45) is 0 Å². The van der Waals surface area contributed by atoms with Crippen molar-refractivity contribution >= 4 is 27.7 Å². The predicted octanol–water partition coefficient (Wildman–Crippen LogP) is 3.67. The van der Waals surface area contributed by atoms with Crippen LogP contribution in [0.5, 0.6) is 5.75 Å². The van der Waals surface area contributed by atoms with Gasteiger partial charge in [0.05, 0.1) is 18.1 Å². The molecule has 0 fully saturated rings. The average Bonchev–Trinajstić information content (AvgIpc) is 3.07. The molecule has 0 bridgehead atoms. The van der Waals surface area contributed by atoms with E-state index in [1.807, 2.05) is 36.5 Å². The number of carbonyl (C=O) groups is 1. The normalized spacial score (nSPS) is 10.5. The number of halogens is 1. The zero-order chi connectivity index (χ0) is 18.4. The topological polar surface area (TPSA) is 69.0 Å². The monoisotopic (exact) mass is 414 g/mol. The van der Waals surface area contributed by atoms with Crippen molar-refractivity contribution < 1.29 is 9.53 Å². The Morgan fingerprint density at radius 3 is 2.73 bits per heavy atom. The zero-order valence-electron chi connectivity index (χ0n) is 14.4. The molecule has 2 heterocycles. The van der Waals surface area contributed by atoms with Crippen molar-refractivity contribution in [2.75, 3.05) is 12.4 Å². The van der Waals surface area contributed by atoms with E-state index in [0.29, 0.717) is 25.2 Å². The van der Waals surface area contributed by atoms with Crippen molar-refractivity contribution in [1.29, 1.82) is 0 Å². The van der Waals surface area contributed by atoms with Gasteiger partial charge >= 0.3 is 0 Å². The van der Waals surface area contributed by atoms with E-state index in [2.05, 4.69) is 31.3 Å². The van der Waals surface area contributed by atoms with Gasteiger partial charge in [-0.25, -0.2) is 0 Å². The predicted molar refractivity (Wildman–Crippen MR) is 103 cm³/mol. The molecule has 0 atom stereocenters. The smallest absolute Gasteiger partial charge is 0.225 e. The number of benzene rings is 1. The minimum atomic E-state index is -0.0638. The summed E-state index contributed by atoms with van der Waals surface area (Å²) in [7, 11) is 1.63. The van der Waals surface area contributed by atoms with Crippen LogP contribution in [0.3, 0.4) is 0 Å². The molecule has 2 aromatic heterocycles. The number of methoxy groups -OCH3 is 1. The van der Waals surface area contributed by atoms with Crippen LogP contribution in [-0.4, -0.2) is 27.8 Å². The minimum Gasteiger partial charge on any atom is -0.496 e. The van der Waals surface area contributed by atoms with Crippen LogP contribution in [0.2, 0.25) is 0 Å². The van der Waals surface area contributed by atoms with Gasteiger partial charge < -0.3 is 10.1 Å². The highest BCUT2D eigenvalue weighted by atomic mass is 79.9. The molecular formula is C19H19BrN4O2. The first-order valence-corrected chi connectivity index (χ1v) is 8.98. The lowest BCUT2D eigenvalue weighted by Crippen LogP contribution is -2.13. The van der Waals surface area contributed by atoms with Crippen LogP contribution in [0.25, 0.3) is 0 Å². The molecule has 6 nitrogen and oxygen atoms in total. The fourth-order valence-electron chi connectivity index (χ4n) is 2.52. The number of hydrogen-bond donors (Lipinski definition) is 1. The minimum absolute atomic E-state index is 0.0638. The molecule has 0 saturated carbocycles. The number of anilines is 1. The van der Waals surface area contributed by atoms with Crippen molar-refractivity contribution in [2.45, 2.75) is 19.4 Å². The Kier molecular flexibility index (Phi) is 6.01. The Hall–Kier alpha value is -2.67. The van der Waals surface area contributed by atoms with Crippen LogP contribution in [-0.2, 0) is 17.8 Å². The molecule has 3 rings (SSSR count). The van der Waals surface area contributed by atoms with Gasteiger partial charge in [-0.05, 0) is 57.7 Å². The molecule has 134 valence electrons. The van der Waals surface area contributed by atoms with E-state index in [0.717, 1.165) is 21.3 Å². The van der Waals surface area contributed by atoms with Crippen molar-refractivity contribution in [3.8, 4) is 5.75 Å². The number of amides is 1. The van der Waals surface area contributed by atoms with Gasteiger partial charge in [-0.3, -0.25) is 14.5 Å². The summed E-state index contributed by atoms with van der Waals surface area (Å²) in [6.45, 7) is 0.637. The van der Waals surface area contributed by atoms with E-state index in [9.17, 15) is 4.79 Å². The molecule has 0 radical (unpaired) electrons. The van der Waals surface area contributed by atoms with E-state index < -0.39 is 0 Å². The molecule has 0 aliphatic carbocycles. The van der Waals surface area contributed by atoms with E-state index in [-0.39, 0.29) is 5.91 Å². The Morgan fingerprint density at radius 1 is 1.19 bits per heavy atom. The molecule has 0 aliphatic rings. The summed E-state index contributed by atoms with van der Waals surface area (Å²) < 4.78 is 7.87. The second kappa shape index (κ2) is 8.62. The Labute approximate surface area is 160 Å². The highest BCUT2D eigenvalue weighted by Gasteiger charge is 2.07. The summed E-state index contributed by atoms with van der Waals surface area (Å²) in [5.74, 6) is 1.27. The fraction of sp³-hybridized carbons (Fsp3) is 0.211. The van der Waals surface area contributed by atoms with Crippen molar-refractivity contribution in [3.63, 3.8) is 0 Å². The summed E-state index contributed by atoms with van der Waals surface area (Å²) in [6.07, 6.45) is 6.37. The molecular weight excluding hydrogens is 396 g/mol. The first kappa shape index (κ1) is 18.1. The maximum atomic E-state index is 12.2. The molecule has 0 aliphatic heterocycles. The van der Waals surface area contributed by atoms with E-state index in [1.165, 1.54) is 0 Å². The largest absolute Gasteiger partial charge is 0.496 e. The first-order chi connectivity index (χ1) is 12.6. The van der Waals surface area contributed by atoms with Gasteiger partial charge in [0.15, 0.2) is 5.82 Å². The summed E-state index contributed by atoms with van der Waals surface area (Å²) >= 11 is 3.46. The lowest BCUT2D eigenvalue weighted by molar-refractivity contribution is -0.116. The van der Waals surface area contributed by atoms with Gasteiger partial charge in [0.25, 0.3) is 0 Å². The van der Waals surface area contributed by atoms with Gasteiger partial charge in [-0.2, -0.15) is 5.10 Å². The highest BCUT2D eigenvalue weighted by molar-refractivity contribution is 9.10. The first-order valence-electron chi connectivity index (χ1n) is 8.18. The molecule has 3 aromatic rings. The van der Waals surface area contributed by atoms with Gasteiger partial charge in [0, 0.05) is 31.1 Å². The third kappa shape index (κ3) is 4.92. The number of carbonyl (C=O) groups excluding carboxylic acids is 1. The molecule has 1 N–H and O–H groups in total. The number of hydrogen-bond acceptors (Lipinski definition) is 4. The van der Waals surface area contributed by atoms with Crippen LogP contribution >= 0.6 is 15.9 Å². The van der Waals surface area contributed by atoms with Crippen LogP contribution in [0.15, 0.2) is 59.5 Å². The molecule has 1 amide bonds. The summed E-state index contributed by atoms with van der Waals surface area (Å²) in [5.41, 5.74) is 2.17. The van der Waals surface area contributed by atoms with Gasteiger partial charge in [-0.1, -0.05) is 6.07 Å². The fourth-order valence-corrected chi connectivity index (χ4v) is 3.11. The zero-order valence-corrected chi connectivity index (χ0v) is 15.9. The summed E-state index contributed by atoms with van der Waals surface area (Å²) in [4.78, 5) is 16.2. The lowest BCUT2D eigenvalue weighted by atomic mass is 10.1. The molecule has 1 aromatic carbocycles. The highest BCUT2D eigenvalue weighted by Crippen LogP contribution is 2.26. The van der Waals surface area contributed by atoms with E-state index in [1.54, 1.807) is 30.3 Å². The molecule has 0 saturated heterocycles. The van der Waals surface area contributed by atoms with E-state index in [4.69, 9.17) is 4.74 Å². The van der Waals surface area contributed by atoms with E-state index >= 15 is 0 Å². The van der Waals surface area contributed by atoms with Crippen molar-refractivity contribution in [1.82, 2.24) is 14.8 Å². The second-order valence-corrected chi connectivity index (χ2v) is 6.63.